The molecule has 1 rings (SSSR count). The Bertz CT molecular complexity index is 307. The molecule has 4 heteroatoms. The second-order valence-corrected chi connectivity index (χ2v) is 3.29. The summed E-state index contributed by atoms with van der Waals surface area (Å²) in [7, 11) is 1.65. The molecule has 1 aromatic heterocycles. The maximum Gasteiger partial charge on any atom is 0.165 e. The molecule has 78 valence electrons. The maximum atomic E-state index is 11.3. The monoisotopic (exact) mass is 196 g/mol. The second-order valence-electron chi connectivity index (χ2n) is 3.29. The zero-order valence-corrected chi connectivity index (χ0v) is 8.86. The third-order valence-electron chi connectivity index (χ3n) is 2.10. The van der Waals surface area contributed by atoms with Crippen LogP contribution in [-0.2, 0) is 4.74 Å². The molecular weight excluding hydrogens is 180 g/mol. The van der Waals surface area contributed by atoms with Crippen LogP contribution < -0.4 is 0 Å². The lowest BCUT2D eigenvalue weighted by Crippen LogP contribution is -2.11. The van der Waals surface area contributed by atoms with Gasteiger partial charge < -0.3 is 4.74 Å². The fourth-order valence-corrected chi connectivity index (χ4v) is 1.24. The maximum absolute atomic E-state index is 11.3. The van der Waals surface area contributed by atoms with Gasteiger partial charge in [-0.1, -0.05) is 6.92 Å². The number of ketones is 1. The molecule has 1 atom stereocenters. The first-order valence-electron chi connectivity index (χ1n) is 4.75. The summed E-state index contributed by atoms with van der Waals surface area (Å²) in [6, 6.07) is 0.165. The van der Waals surface area contributed by atoms with E-state index in [1.165, 1.54) is 0 Å². The second kappa shape index (κ2) is 4.91. The molecule has 0 fully saturated rings. The molecule has 0 N–H and O–H groups in total. The summed E-state index contributed by atoms with van der Waals surface area (Å²) in [5.41, 5.74) is 0.676. The van der Waals surface area contributed by atoms with Crippen LogP contribution >= 0.6 is 0 Å². The number of hydrogen-bond acceptors (Lipinski definition) is 3. The minimum absolute atomic E-state index is 0.126. The van der Waals surface area contributed by atoms with Crippen LogP contribution in [0.4, 0.5) is 0 Å². The minimum Gasteiger partial charge on any atom is -0.382 e. The highest BCUT2D eigenvalue weighted by Gasteiger charge is 2.09. The van der Waals surface area contributed by atoms with E-state index < -0.39 is 0 Å². The van der Waals surface area contributed by atoms with E-state index in [1.807, 2.05) is 13.8 Å². The number of nitrogens with zero attached hydrogens (tertiary/aromatic N) is 2. The summed E-state index contributed by atoms with van der Waals surface area (Å²) in [6.45, 7) is 4.44. The van der Waals surface area contributed by atoms with Crippen LogP contribution in [0.25, 0.3) is 0 Å². The Morgan fingerprint density at radius 3 is 3.00 bits per heavy atom. The fraction of sp³-hybridized carbons (Fsp3) is 0.600. The highest BCUT2D eigenvalue weighted by molar-refractivity contribution is 5.95. The highest BCUT2D eigenvalue weighted by Crippen LogP contribution is 2.08. The zero-order chi connectivity index (χ0) is 10.6. The molecule has 0 aliphatic heterocycles. The lowest BCUT2D eigenvalue weighted by Gasteiger charge is -2.09. The third kappa shape index (κ3) is 2.42. The molecule has 0 amide bonds. The van der Waals surface area contributed by atoms with Gasteiger partial charge in [0, 0.05) is 19.7 Å². The van der Waals surface area contributed by atoms with Gasteiger partial charge in [0.25, 0.3) is 0 Å². The smallest absolute Gasteiger partial charge is 0.165 e. The van der Waals surface area contributed by atoms with Crippen molar-refractivity contribution in [3.63, 3.8) is 0 Å². The molecule has 4 nitrogen and oxygen atoms in total. The van der Waals surface area contributed by atoms with E-state index in [1.54, 1.807) is 24.2 Å². The summed E-state index contributed by atoms with van der Waals surface area (Å²) < 4.78 is 6.76. The summed E-state index contributed by atoms with van der Waals surface area (Å²) >= 11 is 0. The first-order chi connectivity index (χ1) is 6.69. The fourth-order valence-electron chi connectivity index (χ4n) is 1.24. The van der Waals surface area contributed by atoms with Crippen molar-refractivity contribution in [3.05, 3.63) is 18.0 Å². The summed E-state index contributed by atoms with van der Waals surface area (Å²) in [5.74, 6) is 0.126. The van der Waals surface area contributed by atoms with Crippen molar-refractivity contribution in [1.29, 1.82) is 0 Å². The lowest BCUT2D eigenvalue weighted by atomic mass is 10.2. The van der Waals surface area contributed by atoms with Gasteiger partial charge in [0.1, 0.15) is 0 Å². The molecule has 0 bridgehead atoms. The van der Waals surface area contributed by atoms with Crippen LogP contribution in [0.3, 0.4) is 0 Å². The average Bonchev–Trinajstić information content (AvgIpc) is 2.66. The van der Waals surface area contributed by atoms with Gasteiger partial charge in [0.15, 0.2) is 5.78 Å². The Labute approximate surface area is 83.9 Å². The molecule has 0 radical (unpaired) electrons. The molecule has 0 saturated heterocycles. The standard InChI is InChI=1S/C10H16N2O2/c1-4-10(13)9-5-11-12(6-9)8(2)7-14-3/h5-6,8H,4,7H2,1-3H3. The van der Waals surface area contributed by atoms with Crippen molar-refractivity contribution in [2.45, 2.75) is 26.3 Å². The number of ether oxygens (including phenoxy) is 1. The van der Waals surface area contributed by atoms with Gasteiger partial charge in [0.2, 0.25) is 0 Å². The van der Waals surface area contributed by atoms with Gasteiger partial charge in [-0.3, -0.25) is 9.48 Å². The summed E-state index contributed by atoms with van der Waals surface area (Å²) in [5, 5.41) is 4.12. The Kier molecular flexibility index (Phi) is 3.83. The van der Waals surface area contributed by atoms with Gasteiger partial charge in [0.05, 0.1) is 24.4 Å². The van der Waals surface area contributed by atoms with Gasteiger partial charge in [-0.25, -0.2) is 0 Å². The Hall–Kier alpha value is -1.16. The molecule has 0 aliphatic carbocycles. The zero-order valence-electron chi connectivity index (χ0n) is 8.86. The SMILES string of the molecule is CCC(=O)c1cnn(C(C)COC)c1. The van der Waals surface area contributed by atoms with Gasteiger partial charge in [-0.05, 0) is 6.92 Å². The topological polar surface area (TPSA) is 44.1 Å². The summed E-state index contributed by atoms with van der Waals surface area (Å²) in [4.78, 5) is 11.3. The molecule has 0 spiro atoms. The molecule has 14 heavy (non-hydrogen) atoms. The van der Waals surface area contributed by atoms with E-state index in [0.29, 0.717) is 18.6 Å². The van der Waals surface area contributed by atoms with Crippen LogP contribution in [0.2, 0.25) is 0 Å². The van der Waals surface area contributed by atoms with Crippen LogP contribution in [0, 0.1) is 0 Å². The first kappa shape index (κ1) is 10.9. The number of aromatic nitrogens is 2. The molecule has 1 heterocycles. The minimum atomic E-state index is 0.126. The van der Waals surface area contributed by atoms with Crippen LogP contribution in [0.15, 0.2) is 12.4 Å². The van der Waals surface area contributed by atoms with Gasteiger partial charge >= 0.3 is 0 Å². The van der Waals surface area contributed by atoms with Crippen molar-refractivity contribution in [1.82, 2.24) is 9.78 Å². The van der Waals surface area contributed by atoms with Gasteiger partial charge in [-0.15, -0.1) is 0 Å². The van der Waals surface area contributed by atoms with Crippen LogP contribution in [0.5, 0.6) is 0 Å². The molecule has 1 unspecified atom stereocenters. The predicted octanol–water partition coefficient (Wildman–Crippen LogP) is 1.68. The van der Waals surface area contributed by atoms with Crippen molar-refractivity contribution in [2.24, 2.45) is 0 Å². The number of methoxy groups -OCH3 is 1. The van der Waals surface area contributed by atoms with Crippen molar-refractivity contribution >= 4 is 5.78 Å². The van der Waals surface area contributed by atoms with E-state index in [2.05, 4.69) is 5.10 Å². The quantitative estimate of drug-likeness (QED) is 0.673. The number of carbonyl (C=O) groups excluding carboxylic acids is 1. The molecule has 0 aliphatic rings. The van der Waals surface area contributed by atoms with Gasteiger partial charge in [-0.2, -0.15) is 5.10 Å². The molecule has 0 saturated carbocycles. The van der Waals surface area contributed by atoms with Crippen molar-refractivity contribution in [2.75, 3.05) is 13.7 Å². The molecular formula is C10H16N2O2. The lowest BCUT2D eigenvalue weighted by molar-refractivity contribution is 0.0988. The number of hydrogen-bond donors (Lipinski definition) is 0. The number of rotatable bonds is 5. The van der Waals surface area contributed by atoms with Crippen molar-refractivity contribution < 1.29 is 9.53 Å². The largest absolute Gasteiger partial charge is 0.382 e. The van der Waals surface area contributed by atoms with E-state index in [-0.39, 0.29) is 11.8 Å². The highest BCUT2D eigenvalue weighted by atomic mass is 16.5. The number of Topliss-reactive ketones (excluding diaryl/α,β-unsaturated/α-hetero) is 1. The Morgan fingerprint density at radius 1 is 1.71 bits per heavy atom. The molecule has 1 aromatic rings. The Morgan fingerprint density at radius 2 is 2.43 bits per heavy atom. The normalized spacial score (nSPS) is 12.8. The Balaban J connectivity index is 2.72. The first-order valence-corrected chi connectivity index (χ1v) is 4.75. The third-order valence-corrected chi connectivity index (χ3v) is 2.10. The van der Waals surface area contributed by atoms with E-state index in [4.69, 9.17) is 4.74 Å². The summed E-state index contributed by atoms with van der Waals surface area (Å²) in [6.07, 6.45) is 3.90. The van der Waals surface area contributed by atoms with Crippen LogP contribution in [0.1, 0.15) is 36.7 Å². The van der Waals surface area contributed by atoms with E-state index in [9.17, 15) is 4.79 Å². The molecule has 0 aromatic carbocycles. The van der Waals surface area contributed by atoms with E-state index >= 15 is 0 Å². The van der Waals surface area contributed by atoms with Crippen molar-refractivity contribution in [3.8, 4) is 0 Å². The average molecular weight is 196 g/mol. The predicted molar refractivity (Wildman–Crippen MR) is 53.4 cm³/mol. The number of carbonyl (C=O) groups is 1. The van der Waals surface area contributed by atoms with E-state index in [0.717, 1.165) is 0 Å². The van der Waals surface area contributed by atoms with Crippen LogP contribution in [-0.4, -0.2) is 29.3 Å².